The molecule has 0 unspecified atom stereocenters. The van der Waals surface area contributed by atoms with Crippen molar-refractivity contribution in [2.45, 2.75) is 12.8 Å². The number of hydrogen-bond acceptors (Lipinski definition) is 3. The third kappa shape index (κ3) is 4.11. The lowest BCUT2D eigenvalue weighted by atomic mass is 9.99. The first-order chi connectivity index (χ1) is 13.3. The van der Waals surface area contributed by atoms with Gasteiger partial charge in [-0.25, -0.2) is 0 Å². The maximum absolute atomic E-state index is 12.9. The second-order valence-electron chi connectivity index (χ2n) is 6.49. The first kappa shape index (κ1) is 17.2. The summed E-state index contributed by atoms with van der Waals surface area (Å²) in [5, 5.41) is 2.98. The molecule has 3 aromatic rings. The van der Waals surface area contributed by atoms with Gasteiger partial charge in [-0.05, 0) is 35.7 Å². The number of hydrogen-bond donors (Lipinski definition) is 1. The van der Waals surface area contributed by atoms with E-state index in [0.29, 0.717) is 36.6 Å². The van der Waals surface area contributed by atoms with Gasteiger partial charge in [0, 0.05) is 23.7 Å². The maximum atomic E-state index is 12.9. The van der Waals surface area contributed by atoms with Crippen LogP contribution in [-0.2, 0) is 6.42 Å². The van der Waals surface area contributed by atoms with Crippen LogP contribution < -0.4 is 14.8 Å². The minimum Gasteiger partial charge on any atom is -0.490 e. The zero-order valence-electron chi connectivity index (χ0n) is 15.0. The fraction of sp³-hybridized carbons (Fsp3) is 0.174. The molecule has 1 N–H and O–H groups in total. The topological polar surface area (TPSA) is 47.6 Å². The molecule has 0 bridgehead atoms. The van der Waals surface area contributed by atoms with E-state index in [-0.39, 0.29) is 5.91 Å². The Bertz CT molecular complexity index is 937. The van der Waals surface area contributed by atoms with Crippen LogP contribution in [0.25, 0.3) is 0 Å². The number of amides is 1. The van der Waals surface area contributed by atoms with Gasteiger partial charge in [0.05, 0.1) is 13.2 Å². The highest BCUT2D eigenvalue weighted by molar-refractivity contribution is 6.05. The molecule has 0 fully saturated rings. The number of carbonyl (C=O) groups is 1. The quantitative estimate of drug-likeness (QED) is 0.735. The van der Waals surface area contributed by atoms with Crippen molar-refractivity contribution < 1.29 is 14.3 Å². The van der Waals surface area contributed by atoms with Crippen LogP contribution in [-0.4, -0.2) is 19.1 Å². The van der Waals surface area contributed by atoms with E-state index in [0.717, 1.165) is 17.7 Å². The monoisotopic (exact) mass is 359 g/mol. The van der Waals surface area contributed by atoms with Crippen LogP contribution in [0, 0.1) is 0 Å². The highest BCUT2D eigenvalue weighted by Crippen LogP contribution is 2.32. The number of nitrogens with one attached hydrogen (secondary N) is 1. The van der Waals surface area contributed by atoms with E-state index >= 15 is 0 Å². The Balaban J connectivity index is 1.54. The molecule has 0 atom stereocenters. The van der Waals surface area contributed by atoms with E-state index in [9.17, 15) is 4.79 Å². The van der Waals surface area contributed by atoms with E-state index in [2.05, 4.69) is 17.4 Å². The fourth-order valence-corrected chi connectivity index (χ4v) is 3.15. The Morgan fingerprint density at radius 1 is 0.852 bits per heavy atom. The molecule has 0 spiro atoms. The molecule has 4 nitrogen and oxygen atoms in total. The molecule has 0 radical (unpaired) electrons. The lowest BCUT2D eigenvalue weighted by Crippen LogP contribution is -2.14. The van der Waals surface area contributed by atoms with Crippen LogP contribution >= 0.6 is 0 Å². The fourth-order valence-electron chi connectivity index (χ4n) is 3.15. The highest BCUT2D eigenvalue weighted by Gasteiger charge is 2.14. The van der Waals surface area contributed by atoms with Gasteiger partial charge in [0.1, 0.15) is 0 Å². The van der Waals surface area contributed by atoms with Crippen molar-refractivity contribution in [1.82, 2.24) is 0 Å². The number of rotatable bonds is 4. The third-order valence-electron chi connectivity index (χ3n) is 4.50. The largest absolute Gasteiger partial charge is 0.490 e. The van der Waals surface area contributed by atoms with Crippen LogP contribution in [0.15, 0.2) is 72.8 Å². The van der Waals surface area contributed by atoms with Gasteiger partial charge in [-0.1, -0.05) is 48.5 Å². The minimum atomic E-state index is -0.129. The molecule has 3 aromatic carbocycles. The van der Waals surface area contributed by atoms with Gasteiger partial charge in [-0.3, -0.25) is 4.79 Å². The summed E-state index contributed by atoms with van der Waals surface area (Å²) in [5.41, 5.74) is 3.54. The lowest BCUT2D eigenvalue weighted by molar-refractivity contribution is 0.102. The van der Waals surface area contributed by atoms with Crippen molar-refractivity contribution in [2.75, 3.05) is 18.5 Å². The van der Waals surface area contributed by atoms with Crippen molar-refractivity contribution in [1.29, 1.82) is 0 Å². The van der Waals surface area contributed by atoms with Gasteiger partial charge in [0.15, 0.2) is 11.5 Å². The Kier molecular flexibility index (Phi) is 5.06. The van der Waals surface area contributed by atoms with Gasteiger partial charge in [0.2, 0.25) is 0 Å². The predicted molar refractivity (Wildman–Crippen MR) is 106 cm³/mol. The standard InChI is InChI=1S/C23H21NO3/c25-23(24-19-11-12-21-22(16-19)27-14-6-13-26-21)20-10-5-4-9-18(20)15-17-7-2-1-3-8-17/h1-5,7-12,16H,6,13-15H2,(H,24,25). The van der Waals surface area contributed by atoms with Crippen LogP contribution in [0.1, 0.15) is 27.9 Å². The molecule has 1 heterocycles. The molecule has 0 saturated carbocycles. The molecule has 0 aromatic heterocycles. The van der Waals surface area contributed by atoms with Gasteiger partial charge >= 0.3 is 0 Å². The van der Waals surface area contributed by atoms with Crippen LogP contribution in [0.3, 0.4) is 0 Å². The molecule has 0 aliphatic carbocycles. The third-order valence-corrected chi connectivity index (χ3v) is 4.50. The zero-order chi connectivity index (χ0) is 18.5. The summed E-state index contributed by atoms with van der Waals surface area (Å²) in [5.74, 6) is 1.26. The van der Waals surface area contributed by atoms with Crippen molar-refractivity contribution >= 4 is 11.6 Å². The smallest absolute Gasteiger partial charge is 0.255 e. The normalized spacial score (nSPS) is 12.9. The van der Waals surface area contributed by atoms with Gasteiger partial charge in [0.25, 0.3) is 5.91 Å². The van der Waals surface area contributed by atoms with Crippen molar-refractivity contribution in [2.24, 2.45) is 0 Å². The molecule has 136 valence electrons. The number of benzene rings is 3. The summed E-state index contributed by atoms with van der Waals surface area (Å²) < 4.78 is 11.3. The van der Waals surface area contributed by atoms with Crippen molar-refractivity contribution in [3.8, 4) is 11.5 Å². The van der Waals surface area contributed by atoms with E-state index in [1.54, 1.807) is 0 Å². The zero-order valence-corrected chi connectivity index (χ0v) is 15.0. The summed E-state index contributed by atoms with van der Waals surface area (Å²) in [7, 11) is 0. The first-order valence-electron chi connectivity index (χ1n) is 9.12. The predicted octanol–water partition coefficient (Wildman–Crippen LogP) is 4.69. The van der Waals surface area contributed by atoms with Crippen molar-refractivity contribution in [3.63, 3.8) is 0 Å². The summed E-state index contributed by atoms with van der Waals surface area (Å²) in [6.07, 6.45) is 1.56. The molecule has 4 rings (SSSR count). The van der Waals surface area contributed by atoms with E-state index < -0.39 is 0 Å². The van der Waals surface area contributed by atoms with Crippen molar-refractivity contribution in [3.05, 3.63) is 89.5 Å². The number of ether oxygens (including phenoxy) is 2. The summed E-state index contributed by atoms with van der Waals surface area (Å²) in [6, 6.07) is 23.3. The average molecular weight is 359 g/mol. The van der Waals surface area contributed by atoms with E-state index in [1.165, 1.54) is 5.56 Å². The number of anilines is 1. The van der Waals surface area contributed by atoms with Crippen LogP contribution in [0.5, 0.6) is 11.5 Å². The second-order valence-corrected chi connectivity index (χ2v) is 6.49. The molecule has 1 aliphatic rings. The number of carbonyl (C=O) groups excluding carboxylic acids is 1. The summed E-state index contributed by atoms with van der Waals surface area (Å²) in [6.45, 7) is 1.26. The highest BCUT2D eigenvalue weighted by atomic mass is 16.5. The van der Waals surface area contributed by atoms with Crippen LogP contribution in [0.4, 0.5) is 5.69 Å². The molecular weight excluding hydrogens is 338 g/mol. The molecule has 27 heavy (non-hydrogen) atoms. The molecule has 1 aliphatic heterocycles. The maximum Gasteiger partial charge on any atom is 0.255 e. The van der Waals surface area contributed by atoms with E-state index in [1.807, 2.05) is 60.7 Å². The second kappa shape index (κ2) is 7.96. The first-order valence-corrected chi connectivity index (χ1v) is 9.12. The van der Waals surface area contributed by atoms with Gasteiger partial charge in [-0.15, -0.1) is 0 Å². The van der Waals surface area contributed by atoms with E-state index in [4.69, 9.17) is 9.47 Å². The minimum absolute atomic E-state index is 0.129. The van der Waals surface area contributed by atoms with Crippen LogP contribution in [0.2, 0.25) is 0 Å². The van der Waals surface area contributed by atoms with Gasteiger partial charge in [-0.2, -0.15) is 0 Å². The SMILES string of the molecule is O=C(Nc1ccc2c(c1)OCCCO2)c1ccccc1Cc1ccccc1. The lowest BCUT2D eigenvalue weighted by Gasteiger charge is -2.12. The van der Waals surface area contributed by atoms with Gasteiger partial charge < -0.3 is 14.8 Å². The number of fused-ring (bicyclic) bond motifs is 1. The average Bonchev–Trinajstić information content (AvgIpc) is 2.94. The molecule has 4 heteroatoms. The molecule has 1 amide bonds. The Morgan fingerprint density at radius 2 is 1.59 bits per heavy atom. The Hall–Kier alpha value is -3.27. The Morgan fingerprint density at radius 3 is 2.44 bits per heavy atom. The summed E-state index contributed by atoms with van der Waals surface area (Å²) >= 11 is 0. The molecular formula is C23H21NO3. The summed E-state index contributed by atoms with van der Waals surface area (Å²) in [4.78, 5) is 12.9. The Labute approximate surface area is 158 Å². The molecule has 0 saturated heterocycles.